The minimum atomic E-state index is -2.15. The van der Waals surface area contributed by atoms with Crippen molar-refractivity contribution in [2.24, 2.45) is 11.8 Å². The van der Waals surface area contributed by atoms with Crippen LogP contribution in [-0.4, -0.2) is 100 Å². The Morgan fingerprint density at radius 2 is 1.50 bits per heavy atom. The second kappa shape index (κ2) is 20.5. The van der Waals surface area contributed by atoms with E-state index in [1.54, 1.807) is 61.0 Å². The molecule has 7 aromatic rings. The number of para-hydroxylation sites is 1. The Bertz CT molecular complexity index is 3410. The molecule has 7 atom stereocenters. The lowest BCUT2D eigenvalue weighted by molar-refractivity contribution is -0.177. The van der Waals surface area contributed by atoms with E-state index in [-0.39, 0.29) is 23.5 Å². The zero-order chi connectivity index (χ0) is 52.7. The molecule has 3 saturated heterocycles. The van der Waals surface area contributed by atoms with Crippen molar-refractivity contribution in [3.8, 4) is 17.6 Å². The molecule has 0 aliphatic carbocycles. The van der Waals surface area contributed by atoms with Gasteiger partial charge in [-0.1, -0.05) is 116 Å². The van der Waals surface area contributed by atoms with E-state index in [1.165, 1.54) is 19.2 Å². The van der Waals surface area contributed by atoms with E-state index in [2.05, 4.69) is 37.7 Å². The number of rotatable bonds is 10. The van der Waals surface area contributed by atoms with Crippen LogP contribution in [0.15, 0.2) is 152 Å². The number of morpholine rings is 2. The minimum Gasteiger partial charge on any atom is -0.508 e. The van der Waals surface area contributed by atoms with Crippen LogP contribution in [0.4, 0.5) is 21.9 Å². The van der Waals surface area contributed by atoms with E-state index < -0.39 is 77.3 Å². The highest BCUT2D eigenvalue weighted by molar-refractivity contribution is 6.25. The average molecular weight is 1020 g/mol. The van der Waals surface area contributed by atoms with Crippen molar-refractivity contribution in [3.05, 3.63) is 179 Å². The average Bonchev–Trinajstić information content (AvgIpc) is 3.77. The topological polar surface area (TPSA) is 198 Å². The van der Waals surface area contributed by atoms with Gasteiger partial charge in [-0.2, -0.15) is 0 Å². The molecule has 384 valence electrons. The van der Waals surface area contributed by atoms with Crippen LogP contribution in [0, 0.1) is 23.7 Å². The molecule has 0 saturated carbocycles. The van der Waals surface area contributed by atoms with Gasteiger partial charge in [-0.05, 0) is 94.9 Å². The van der Waals surface area contributed by atoms with Crippen molar-refractivity contribution in [1.82, 2.24) is 25.2 Å². The maximum Gasteiger partial charge on any atom is 0.329 e. The maximum atomic E-state index is 16.8. The quantitative estimate of drug-likeness (QED) is 0.0917. The molecule has 17 nitrogen and oxygen atoms in total. The molecule has 0 bridgehead atoms. The third-order valence-electron chi connectivity index (χ3n) is 14.9. The fourth-order valence-electron chi connectivity index (χ4n) is 11.5. The third kappa shape index (κ3) is 8.64. The zero-order valence-electron chi connectivity index (χ0n) is 41.9. The second-order valence-electron chi connectivity index (χ2n) is 19.6. The van der Waals surface area contributed by atoms with Gasteiger partial charge in [0.15, 0.2) is 0 Å². The van der Waals surface area contributed by atoms with E-state index in [4.69, 9.17) is 14.2 Å². The number of benzene rings is 6. The number of methoxy groups -OCH3 is 1. The van der Waals surface area contributed by atoms with E-state index in [0.29, 0.717) is 59.8 Å². The number of cyclic esters (lactones) is 1. The van der Waals surface area contributed by atoms with E-state index >= 15 is 19.2 Å². The molecule has 6 aromatic carbocycles. The number of ether oxygens (including phenoxy) is 3. The predicted molar refractivity (Wildman–Crippen MR) is 282 cm³/mol. The summed E-state index contributed by atoms with van der Waals surface area (Å²) >= 11 is 0. The molecule has 17 heteroatoms. The summed E-state index contributed by atoms with van der Waals surface area (Å²) in [6.45, 7) is 6.14. The van der Waals surface area contributed by atoms with Crippen molar-refractivity contribution in [3.63, 3.8) is 0 Å². The van der Waals surface area contributed by atoms with Crippen LogP contribution in [0.2, 0.25) is 0 Å². The van der Waals surface area contributed by atoms with Crippen LogP contribution in [0.5, 0.6) is 5.75 Å². The molecule has 3 fully saturated rings. The lowest BCUT2D eigenvalue weighted by atomic mass is 9.65. The van der Waals surface area contributed by atoms with E-state index in [0.717, 1.165) is 16.1 Å². The Morgan fingerprint density at radius 3 is 2.20 bits per heavy atom. The second-order valence-corrected chi connectivity index (χ2v) is 19.6. The number of carbonyl (C=O) groups is 5. The van der Waals surface area contributed by atoms with Crippen LogP contribution in [0.25, 0.3) is 11.0 Å². The third-order valence-corrected chi connectivity index (χ3v) is 14.9. The summed E-state index contributed by atoms with van der Waals surface area (Å²) < 4.78 is 19.0. The molecule has 0 unspecified atom stereocenters. The van der Waals surface area contributed by atoms with Crippen LogP contribution in [0.1, 0.15) is 59.9 Å². The summed E-state index contributed by atoms with van der Waals surface area (Å²) in [5.74, 6) is 1.22. The summed E-state index contributed by atoms with van der Waals surface area (Å²) in [7, 11) is 1.21. The number of aromatic hydroxyl groups is 1. The Morgan fingerprint density at radius 1 is 0.816 bits per heavy atom. The molecule has 76 heavy (non-hydrogen) atoms. The number of amides is 4. The number of imide groups is 1. The van der Waals surface area contributed by atoms with Gasteiger partial charge < -0.3 is 34.9 Å². The predicted octanol–water partition coefficient (Wildman–Crippen LogP) is 7.24. The Labute approximate surface area is 438 Å². The van der Waals surface area contributed by atoms with Gasteiger partial charge in [0, 0.05) is 30.0 Å². The van der Waals surface area contributed by atoms with Crippen LogP contribution in [0.3, 0.4) is 0 Å². The van der Waals surface area contributed by atoms with Crippen LogP contribution in [-0.2, 0) is 45.3 Å². The molecule has 0 radical (unpaired) electrons. The van der Waals surface area contributed by atoms with Crippen molar-refractivity contribution in [1.29, 1.82) is 0 Å². The number of esters is 2. The normalized spacial score (nSPS) is 22.3. The smallest absolute Gasteiger partial charge is 0.329 e. The minimum absolute atomic E-state index is 0.0681. The first-order chi connectivity index (χ1) is 37.0. The van der Waals surface area contributed by atoms with Gasteiger partial charge in [-0.25, -0.2) is 19.2 Å². The Kier molecular flexibility index (Phi) is 13.3. The first-order valence-corrected chi connectivity index (χ1v) is 25.2. The van der Waals surface area contributed by atoms with Gasteiger partial charge in [0.05, 0.1) is 49.5 Å². The number of anilines is 3. The molecule has 4 amide bonds. The summed E-state index contributed by atoms with van der Waals surface area (Å²) in [6, 6.07) is 39.1. The summed E-state index contributed by atoms with van der Waals surface area (Å²) in [6.07, 6.45) is -0.967. The summed E-state index contributed by atoms with van der Waals surface area (Å²) in [4.78, 5) is 82.0. The highest BCUT2D eigenvalue weighted by Gasteiger charge is 2.75. The number of hydrogen-bond acceptors (Lipinski definition) is 13. The summed E-state index contributed by atoms with van der Waals surface area (Å²) in [5.41, 5.74) is 3.20. The number of hydrogen-bond donors (Lipinski definition) is 3. The van der Waals surface area contributed by atoms with Crippen LogP contribution >= 0.6 is 0 Å². The number of aromatic nitrogens is 3. The molecule has 11 rings (SSSR count). The largest absolute Gasteiger partial charge is 0.508 e. The first-order valence-electron chi connectivity index (χ1n) is 25.2. The highest BCUT2D eigenvalue weighted by Crippen LogP contribution is 2.66. The monoisotopic (exact) mass is 1020 g/mol. The van der Waals surface area contributed by atoms with Crippen LogP contribution < -0.4 is 20.4 Å². The number of phenolic OH excluding ortho intramolecular Hbond substituents is 1. The zero-order valence-corrected chi connectivity index (χ0v) is 41.9. The molecule has 5 heterocycles. The van der Waals surface area contributed by atoms with Gasteiger partial charge in [0.25, 0.3) is 0 Å². The van der Waals surface area contributed by atoms with E-state index in [1.807, 2.05) is 102 Å². The van der Waals surface area contributed by atoms with Crippen molar-refractivity contribution in [2.45, 2.75) is 56.1 Å². The lowest BCUT2D eigenvalue weighted by Gasteiger charge is -2.46. The number of nitrogens with zero attached hydrogens (tertiary/aromatic N) is 6. The van der Waals surface area contributed by atoms with Gasteiger partial charge >= 0.3 is 18.0 Å². The molecule has 4 aliphatic heterocycles. The Balaban J connectivity index is 1.15. The van der Waals surface area contributed by atoms with Crippen molar-refractivity contribution in [2.75, 3.05) is 48.5 Å². The number of urea groups is 1. The fourth-order valence-corrected chi connectivity index (χ4v) is 11.5. The highest BCUT2D eigenvalue weighted by atomic mass is 16.6. The fraction of sp³-hybridized carbons (Fsp3) is 0.271. The number of phenols is 1. The number of fused-ring (bicyclic) bond motifs is 4. The van der Waals surface area contributed by atoms with Crippen molar-refractivity contribution >= 4 is 57.9 Å². The summed E-state index contributed by atoms with van der Waals surface area (Å²) in [5, 5.41) is 25.3. The molecule has 4 aliphatic rings. The van der Waals surface area contributed by atoms with Crippen molar-refractivity contribution < 1.29 is 43.3 Å². The molecule has 1 aromatic heterocycles. The Hall–Kier alpha value is -8.85. The van der Waals surface area contributed by atoms with Gasteiger partial charge in [0.1, 0.15) is 41.4 Å². The van der Waals surface area contributed by atoms with Gasteiger partial charge in [-0.15, -0.1) is 5.10 Å². The molecular formula is C59H54N8O9. The van der Waals surface area contributed by atoms with Gasteiger partial charge in [-0.3, -0.25) is 19.3 Å². The van der Waals surface area contributed by atoms with Gasteiger partial charge in [0.2, 0.25) is 11.8 Å². The SMILES string of the molecule is COC(=O)[C@@H](NC(=O)N1C(=O)[C@@]2(c3cc(C#CCn4nnc5ccccc54)ccc31)[C@H](c1ccc(O)cc1)N1[C@H](c3ccccc3)[C@H](c3ccccc3)OC(=O)[C@H]1[C@@H]2C(=O)Nc1ccc(N2CCOCC2)cc1)C(C)C. The maximum absolute atomic E-state index is 16.8. The lowest BCUT2D eigenvalue weighted by Crippen LogP contribution is -2.57. The molecule has 1 spiro atoms. The molecular weight excluding hydrogens is 965 g/mol. The molecule has 3 N–H and O–H groups in total. The standard InChI is InChI=1S/C59H54N8O9/c1-36(2)49(55(70)74-3)61-58(73)66-46-29-20-37(13-12-30-65-47-19-11-10-18-45(47)62-63-65)35-44(46)59(57(66)72)48(54(69)60-41-23-25-42(26-24-41)64-31-33-75-34-32-64)51-56(71)76-52(39-16-8-5-9-17-39)50(38-14-6-4-7-15-38)67(51)53(59)40-21-27-43(68)28-22-40/h4-11,14-29,35-36,48-53,68H,30-34H2,1-3H3,(H,60,69)(H,61,73)/t48-,49+,50-,51-,52+,53+,59-/m1/s1. The first kappa shape index (κ1) is 49.4. The van der Waals surface area contributed by atoms with E-state index in [9.17, 15) is 9.90 Å². The number of carbonyl (C=O) groups excluding carboxylic acids is 5. The number of nitrogens with one attached hydrogen (secondary N) is 2.